The fourth-order valence-corrected chi connectivity index (χ4v) is 2.19. The van der Waals surface area contributed by atoms with Crippen LogP contribution in [0.15, 0.2) is 35.2 Å². The number of aryl methyl sites for hydroxylation is 2. The van der Waals surface area contributed by atoms with Gasteiger partial charge in [0.05, 0.1) is 5.69 Å². The van der Waals surface area contributed by atoms with Gasteiger partial charge in [-0.15, -0.1) is 0 Å². The molecule has 0 aliphatic heterocycles. The molecule has 5 heteroatoms. The number of imidazole rings is 1. The fourth-order valence-electron chi connectivity index (χ4n) is 1.85. The summed E-state index contributed by atoms with van der Waals surface area (Å²) in [6.45, 7) is 2.06. The largest absolute Gasteiger partial charge is 0.305 e. The molecule has 86 valence electrons. The molecule has 3 heterocycles. The number of nitrogens with zero attached hydrogens (tertiary/aromatic N) is 4. The van der Waals surface area contributed by atoms with Crippen molar-refractivity contribution in [3.63, 3.8) is 0 Å². The van der Waals surface area contributed by atoms with Crippen molar-refractivity contribution < 1.29 is 0 Å². The van der Waals surface area contributed by atoms with Gasteiger partial charge in [0.15, 0.2) is 0 Å². The molecule has 0 aromatic carbocycles. The molecule has 3 rings (SSSR count). The second kappa shape index (κ2) is 3.70. The highest BCUT2D eigenvalue weighted by molar-refractivity contribution is 9.10. The highest BCUT2D eigenvalue weighted by Gasteiger charge is 2.08. The first-order valence-electron chi connectivity index (χ1n) is 5.28. The monoisotopic (exact) mass is 290 g/mol. The highest BCUT2D eigenvalue weighted by atomic mass is 79.9. The molecule has 3 aromatic rings. The summed E-state index contributed by atoms with van der Waals surface area (Å²) in [6.07, 6.45) is 5.81. The van der Waals surface area contributed by atoms with E-state index in [-0.39, 0.29) is 0 Å². The van der Waals surface area contributed by atoms with Crippen LogP contribution in [0.1, 0.15) is 5.56 Å². The summed E-state index contributed by atoms with van der Waals surface area (Å²) in [5, 5.41) is 4.16. The molecule has 0 atom stereocenters. The van der Waals surface area contributed by atoms with Crippen LogP contribution in [0.4, 0.5) is 0 Å². The third-order valence-corrected chi connectivity index (χ3v) is 3.65. The maximum Gasteiger partial charge on any atom is 0.137 e. The normalized spacial score (nSPS) is 11.2. The first-order chi connectivity index (χ1) is 8.15. The Morgan fingerprint density at radius 3 is 2.82 bits per heavy atom. The molecule has 0 N–H and O–H groups in total. The number of aromatic nitrogens is 4. The predicted octanol–water partition coefficient (Wildman–Crippen LogP) is 2.81. The fraction of sp³-hybridized carbons (Fsp3) is 0.167. The molecule has 0 saturated carbocycles. The third-order valence-electron chi connectivity index (χ3n) is 2.82. The molecule has 17 heavy (non-hydrogen) atoms. The van der Waals surface area contributed by atoms with Crippen LogP contribution < -0.4 is 0 Å². The van der Waals surface area contributed by atoms with Gasteiger partial charge in [-0.2, -0.15) is 5.10 Å². The van der Waals surface area contributed by atoms with E-state index in [4.69, 9.17) is 0 Å². The van der Waals surface area contributed by atoms with Crippen LogP contribution in [0.2, 0.25) is 0 Å². The Kier molecular flexibility index (Phi) is 2.29. The smallest absolute Gasteiger partial charge is 0.137 e. The van der Waals surface area contributed by atoms with Gasteiger partial charge in [-0.1, -0.05) is 0 Å². The van der Waals surface area contributed by atoms with Crippen molar-refractivity contribution >= 4 is 21.6 Å². The molecule has 0 unspecified atom stereocenters. The minimum Gasteiger partial charge on any atom is -0.305 e. The molecule has 0 saturated heterocycles. The summed E-state index contributed by atoms with van der Waals surface area (Å²) in [5.74, 6) is 0. The summed E-state index contributed by atoms with van der Waals surface area (Å²) in [5.41, 5.74) is 4.08. The summed E-state index contributed by atoms with van der Waals surface area (Å²) in [4.78, 5) is 4.60. The number of halogens is 1. The van der Waals surface area contributed by atoms with Crippen LogP contribution in [0.25, 0.3) is 17.0 Å². The molecule has 0 radical (unpaired) electrons. The Morgan fingerprint density at radius 2 is 2.12 bits per heavy atom. The van der Waals surface area contributed by atoms with E-state index in [0.717, 1.165) is 21.5 Å². The van der Waals surface area contributed by atoms with Crippen molar-refractivity contribution in [3.8, 4) is 11.4 Å². The van der Waals surface area contributed by atoms with Crippen molar-refractivity contribution in [1.82, 2.24) is 19.2 Å². The minimum atomic E-state index is 0.933. The van der Waals surface area contributed by atoms with Gasteiger partial charge in [-0.05, 0) is 40.5 Å². The number of pyridine rings is 1. The van der Waals surface area contributed by atoms with Gasteiger partial charge in [0, 0.05) is 30.1 Å². The second-order valence-electron chi connectivity index (χ2n) is 4.04. The van der Waals surface area contributed by atoms with E-state index >= 15 is 0 Å². The Morgan fingerprint density at radius 1 is 1.29 bits per heavy atom. The zero-order valence-corrected chi connectivity index (χ0v) is 11.1. The zero-order valence-electron chi connectivity index (χ0n) is 9.55. The van der Waals surface area contributed by atoms with Crippen molar-refractivity contribution in [1.29, 1.82) is 0 Å². The SMILES string of the molecule is Cc1cc2nc(-c3ccnn3C)cn2cc1Br. The number of rotatable bonds is 1. The molecule has 3 aromatic heterocycles. The van der Waals surface area contributed by atoms with Crippen LogP contribution in [0.5, 0.6) is 0 Å². The molecular formula is C12H11BrN4. The van der Waals surface area contributed by atoms with Crippen molar-refractivity contribution in [3.05, 3.63) is 40.8 Å². The maximum atomic E-state index is 4.60. The number of hydrogen-bond acceptors (Lipinski definition) is 2. The summed E-state index contributed by atoms with van der Waals surface area (Å²) in [6, 6.07) is 4.02. The molecule has 0 aliphatic rings. The molecule has 0 bridgehead atoms. The van der Waals surface area contributed by atoms with E-state index in [0.29, 0.717) is 0 Å². The average molecular weight is 291 g/mol. The van der Waals surface area contributed by atoms with Crippen molar-refractivity contribution in [2.45, 2.75) is 6.92 Å². The van der Waals surface area contributed by atoms with Gasteiger partial charge in [-0.3, -0.25) is 4.68 Å². The average Bonchev–Trinajstić information content (AvgIpc) is 2.85. The van der Waals surface area contributed by atoms with E-state index < -0.39 is 0 Å². The van der Waals surface area contributed by atoms with Crippen molar-refractivity contribution in [2.24, 2.45) is 7.05 Å². The molecule has 0 fully saturated rings. The van der Waals surface area contributed by atoms with Crippen molar-refractivity contribution in [2.75, 3.05) is 0 Å². The quantitative estimate of drug-likeness (QED) is 0.691. The standard InChI is InChI=1S/C12H11BrN4/c1-8-5-12-15-10(7-17(12)6-9(8)13)11-3-4-14-16(11)2/h3-7H,1-2H3. The van der Waals surface area contributed by atoms with Gasteiger partial charge in [0.2, 0.25) is 0 Å². The highest BCUT2D eigenvalue weighted by Crippen LogP contribution is 2.22. The first-order valence-corrected chi connectivity index (χ1v) is 6.07. The third kappa shape index (κ3) is 1.67. The zero-order chi connectivity index (χ0) is 12.0. The van der Waals surface area contributed by atoms with Crippen LogP contribution in [-0.4, -0.2) is 19.2 Å². The van der Waals surface area contributed by atoms with E-state index in [1.165, 1.54) is 5.56 Å². The lowest BCUT2D eigenvalue weighted by molar-refractivity contribution is 0.774. The lowest BCUT2D eigenvalue weighted by Gasteiger charge is -1.98. The van der Waals surface area contributed by atoms with Crippen LogP contribution in [0.3, 0.4) is 0 Å². The van der Waals surface area contributed by atoms with Crippen LogP contribution in [-0.2, 0) is 7.05 Å². The first kappa shape index (κ1) is 10.5. The molecule has 0 spiro atoms. The van der Waals surface area contributed by atoms with E-state index in [1.54, 1.807) is 6.20 Å². The summed E-state index contributed by atoms with van der Waals surface area (Å²) in [7, 11) is 1.92. The Labute approximate surface area is 107 Å². The van der Waals surface area contributed by atoms with E-state index in [1.807, 2.05) is 34.6 Å². The van der Waals surface area contributed by atoms with Gasteiger partial charge < -0.3 is 4.40 Å². The summed E-state index contributed by atoms with van der Waals surface area (Å²) < 4.78 is 4.92. The second-order valence-corrected chi connectivity index (χ2v) is 4.89. The lowest BCUT2D eigenvalue weighted by Crippen LogP contribution is -1.92. The van der Waals surface area contributed by atoms with Gasteiger partial charge in [0.1, 0.15) is 11.3 Å². The number of fused-ring (bicyclic) bond motifs is 1. The molecule has 0 aliphatic carbocycles. The number of hydrogen-bond donors (Lipinski definition) is 0. The van der Waals surface area contributed by atoms with E-state index in [9.17, 15) is 0 Å². The Hall–Kier alpha value is -1.62. The molecule has 0 amide bonds. The predicted molar refractivity (Wildman–Crippen MR) is 69.8 cm³/mol. The van der Waals surface area contributed by atoms with Gasteiger partial charge >= 0.3 is 0 Å². The topological polar surface area (TPSA) is 35.1 Å². The van der Waals surface area contributed by atoms with Crippen LogP contribution >= 0.6 is 15.9 Å². The lowest BCUT2D eigenvalue weighted by atomic mass is 10.3. The maximum absolute atomic E-state index is 4.60. The Bertz CT molecular complexity index is 657. The minimum absolute atomic E-state index is 0.933. The molecule has 4 nitrogen and oxygen atoms in total. The van der Waals surface area contributed by atoms with Gasteiger partial charge in [-0.25, -0.2) is 4.98 Å². The molecular weight excluding hydrogens is 280 g/mol. The van der Waals surface area contributed by atoms with Crippen LogP contribution in [0, 0.1) is 6.92 Å². The Balaban J connectivity index is 2.24. The summed E-state index contributed by atoms with van der Waals surface area (Å²) >= 11 is 3.52. The van der Waals surface area contributed by atoms with Gasteiger partial charge in [0.25, 0.3) is 0 Å². The van der Waals surface area contributed by atoms with E-state index in [2.05, 4.69) is 39.0 Å².